The lowest BCUT2D eigenvalue weighted by Gasteiger charge is -2.54. The van der Waals surface area contributed by atoms with E-state index < -0.39 is 0 Å². The van der Waals surface area contributed by atoms with Crippen LogP contribution in [0.1, 0.15) is 52.7 Å². The van der Waals surface area contributed by atoms with Gasteiger partial charge in [0.15, 0.2) is 0 Å². The maximum Gasteiger partial charge on any atom is 0.534 e. The fourth-order valence-corrected chi connectivity index (χ4v) is 3.90. The average Bonchev–Trinajstić information content (AvgIpc) is 2.76. The molecule has 24 heavy (non-hydrogen) atoms. The molecule has 1 heterocycles. The van der Waals surface area contributed by atoms with E-state index in [0.717, 1.165) is 5.75 Å². The van der Waals surface area contributed by atoms with Crippen LogP contribution in [0.15, 0.2) is 42.5 Å². The molecule has 1 aliphatic heterocycles. The average molecular weight is 320 g/mol. The van der Waals surface area contributed by atoms with Crippen LogP contribution in [-0.4, -0.2) is 12.7 Å². The molecule has 3 heteroatoms. The third-order valence-corrected chi connectivity index (χ3v) is 6.35. The van der Waals surface area contributed by atoms with Gasteiger partial charge in [0, 0.05) is 16.3 Å². The van der Waals surface area contributed by atoms with E-state index >= 15 is 0 Å². The summed E-state index contributed by atoms with van der Waals surface area (Å²) in [7, 11) is -0.213. The van der Waals surface area contributed by atoms with Crippen molar-refractivity contribution in [2.45, 2.75) is 57.9 Å². The van der Waals surface area contributed by atoms with Gasteiger partial charge in [-0.2, -0.15) is 0 Å². The normalized spacial score (nSPS) is 21.7. The van der Waals surface area contributed by atoms with Crippen LogP contribution in [0.3, 0.4) is 0 Å². The summed E-state index contributed by atoms with van der Waals surface area (Å²) in [5, 5.41) is -0.0244. The van der Waals surface area contributed by atoms with Gasteiger partial charge in [-0.05, 0) is 36.6 Å². The summed E-state index contributed by atoms with van der Waals surface area (Å²) in [4.78, 5) is 0. The van der Waals surface area contributed by atoms with Crippen LogP contribution >= 0.6 is 0 Å². The number of rotatable bonds is 2. The molecule has 0 spiro atoms. The predicted octanol–water partition coefficient (Wildman–Crippen LogP) is 5.45. The van der Waals surface area contributed by atoms with Crippen molar-refractivity contribution in [3.63, 3.8) is 0 Å². The zero-order valence-electron chi connectivity index (χ0n) is 15.4. The highest BCUT2D eigenvalue weighted by molar-refractivity contribution is 6.53. The Kier molecular flexibility index (Phi) is 3.07. The van der Waals surface area contributed by atoms with Crippen LogP contribution in [0.5, 0.6) is 5.75 Å². The van der Waals surface area contributed by atoms with Gasteiger partial charge in [0.1, 0.15) is 5.75 Å². The molecule has 0 atom stereocenters. The smallest absolute Gasteiger partial charge is 0.534 e. The number of hydrogen-bond acceptors (Lipinski definition) is 2. The van der Waals surface area contributed by atoms with E-state index in [9.17, 15) is 0 Å². The van der Waals surface area contributed by atoms with Crippen LogP contribution < -0.4 is 4.65 Å². The van der Waals surface area contributed by atoms with E-state index in [1.807, 2.05) is 0 Å². The minimum Gasteiger partial charge on any atom is -0.535 e. The van der Waals surface area contributed by atoms with Crippen molar-refractivity contribution in [1.29, 1.82) is 0 Å². The minimum atomic E-state index is -0.213. The molecular weight excluding hydrogens is 295 g/mol. The minimum absolute atomic E-state index is 0.000552. The standard InChI is InChI=1S/C21H25BO2/c1-19(2)15-11-8-7-10-14(15)18-16(19)12-9-13-17(18)23-22-20(3,4)21(5,6)24-22/h7-13H,1-6H3. The zero-order chi connectivity index (χ0) is 17.3. The summed E-state index contributed by atoms with van der Waals surface area (Å²) in [5.74, 6) is 0.930. The van der Waals surface area contributed by atoms with Crippen LogP contribution in [-0.2, 0) is 10.1 Å². The molecule has 1 aliphatic carbocycles. The summed E-state index contributed by atoms with van der Waals surface area (Å²) in [6, 6.07) is 15.0. The van der Waals surface area contributed by atoms with Gasteiger partial charge in [0.25, 0.3) is 0 Å². The molecule has 0 bridgehead atoms. The highest BCUT2D eigenvalue weighted by atomic mass is 16.6. The van der Waals surface area contributed by atoms with Gasteiger partial charge < -0.3 is 9.31 Å². The fraction of sp³-hybridized carbons (Fsp3) is 0.429. The second-order valence-corrected chi connectivity index (χ2v) is 8.65. The molecule has 124 valence electrons. The SMILES string of the molecule is CC1(C)c2ccccc2-c2c(OB3OC(C)(C)C3(C)C)cccc21. The third-order valence-electron chi connectivity index (χ3n) is 6.35. The molecule has 2 nitrogen and oxygen atoms in total. The number of benzene rings is 2. The van der Waals surface area contributed by atoms with Crippen molar-refractivity contribution in [2.75, 3.05) is 0 Å². The van der Waals surface area contributed by atoms with Crippen molar-refractivity contribution in [2.24, 2.45) is 0 Å². The van der Waals surface area contributed by atoms with E-state index in [1.54, 1.807) is 0 Å². The predicted molar refractivity (Wildman–Crippen MR) is 99.6 cm³/mol. The Hall–Kier alpha value is -1.74. The van der Waals surface area contributed by atoms with Gasteiger partial charge in [-0.3, -0.25) is 0 Å². The number of fused-ring (bicyclic) bond motifs is 3. The quantitative estimate of drug-likeness (QED) is 0.685. The molecule has 2 aromatic rings. The second kappa shape index (κ2) is 4.67. The van der Waals surface area contributed by atoms with Crippen molar-refractivity contribution in [3.05, 3.63) is 53.6 Å². The van der Waals surface area contributed by atoms with Gasteiger partial charge in [-0.25, -0.2) is 0 Å². The zero-order valence-corrected chi connectivity index (χ0v) is 15.4. The van der Waals surface area contributed by atoms with Gasteiger partial charge in [-0.1, -0.05) is 64.1 Å². The molecule has 0 saturated carbocycles. The topological polar surface area (TPSA) is 18.5 Å². The first kappa shape index (κ1) is 15.8. The van der Waals surface area contributed by atoms with E-state index in [2.05, 4.69) is 84.0 Å². The summed E-state index contributed by atoms with van der Waals surface area (Å²) >= 11 is 0. The first-order chi connectivity index (χ1) is 11.2. The van der Waals surface area contributed by atoms with Crippen molar-refractivity contribution >= 4 is 7.12 Å². The van der Waals surface area contributed by atoms with Crippen LogP contribution in [0.4, 0.5) is 0 Å². The maximum atomic E-state index is 6.37. The maximum absolute atomic E-state index is 6.37. The highest BCUT2D eigenvalue weighted by Gasteiger charge is 2.63. The van der Waals surface area contributed by atoms with E-state index in [0.29, 0.717) is 0 Å². The van der Waals surface area contributed by atoms with Gasteiger partial charge in [0.05, 0.1) is 5.60 Å². The number of hydrogen-bond donors (Lipinski definition) is 0. The molecule has 2 aromatic carbocycles. The highest BCUT2D eigenvalue weighted by Crippen LogP contribution is 2.56. The largest absolute Gasteiger partial charge is 0.535 e. The summed E-state index contributed by atoms with van der Waals surface area (Å²) in [6.45, 7) is 13.2. The Bertz CT molecular complexity index is 820. The van der Waals surface area contributed by atoms with E-state index in [1.165, 1.54) is 22.3 Å². The van der Waals surface area contributed by atoms with Crippen LogP contribution in [0.25, 0.3) is 11.1 Å². The van der Waals surface area contributed by atoms with Crippen molar-refractivity contribution in [3.8, 4) is 16.9 Å². The molecule has 0 N–H and O–H groups in total. The summed E-state index contributed by atoms with van der Waals surface area (Å²) in [5.41, 5.74) is 5.04. The molecule has 2 aliphatic rings. The molecular formula is C21H25BO2. The summed E-state index contributed by atoms with van der Waals surface area (Å²) < 4.78 is 12.4. The molecule has 1 fully saturated rings. The molecule has 0 amide bonds. The Balaban J connectivity index is 1.79. The van der Waals surface area contributed by atoms with Crippen LogP contribution in [0.2, 0.25) is 5.31 Å². The van der Waals surface area contributed by atoms with Crippen molar-refractivity contribution in [1.82, 2.24) is 0 Å². The van der Waals surface area contributed by atoms with Gasteiger partial charge >= 0.3 is 7.12 Å². The molecule has 1 saturated heterocycles. The first-order valence-electron chi connectivity index (χ1n) is 8.74. The Labute approximate surface area is 145 Å². The second-order valence-electron chi connectivity index (χ2n) is 8.65. The lowest BCUT2D eigenvalue weighted by Crippen LogP contribution is -2.64. The van der Waals surface area contributed by atoms with Gasteiger partial charge in [-0.15, -0.1) is 0 Å². The van der Waals surface area contributed by atoms with E-state index in [4.69, 9.17) is 9.31 Å². The lowest BCUT2D eigenvalue weighted by atomic mass is 9.45. The first-order valence-corrected chi connectivity index (χ1v) is 8.74. The molecule has 4 rings (SSSR count). The van der Waals surface area contributed by atoms with E-state index in [-0.39, 0.29) is 23.4 Å². The molecule has 0 aromatic heterocycles. The Morgan fingerprint density at radius 2 is 1.50 bits per heavy atom. The van der Waals surface area contributed by atoms with Crippen LogP contribution in [0, 0.1) is 0 Å². The molecule has 0 radical (unpaired) electrons. The van der Waals surface area contributed by atoms with Crippen molar-refractivity contribution < 1.29 is 9.31 Å². The lowest BCUT2D eigenvalue weighted by molar-refractivity contribution is -0.0411. The fourth-order valence-electron chi connectivity index (χ4n) is 3.90. The monoisotopic (exact) mass is 320 g/mol. The van der Waals surface area contributed by atoms with Gasteiger partial charge in [0.2, 0.25) is 0 Å². The summed E-state index contributed by atoms with van der Waals surface area (Å²) in [6.07, 6.45) is 0. The Morgan fingerprint density at radius 1 is 0.833 bits per heavy atom. The third kappa shape index (κ3) is 1.88. The molecule has 0 unspecified atom stereocenters. The Morgan fingerprint density at radius 3 is 2.17 bits per heavy atom.